The Morgan fingerprint density at radius 1 is 1.67 bits per heavy atom. The minimum atomic E-state index is -0.500. The predicted molar refractivity (Wildman–Crippen MR) is 20.7 cm³/mol. The Kier molecular flexibility index (Phi) is 1.38. The molecule has 0 N–H and O–H groups in total. The molecular formula is C2H6N2O2. The lowest BCUT2D eigenvalue weighted by molar-refractivity contribution is -0.642. The minimum Gasteiger partial charge on any atom is -0.235 e. The van der Waals surface area contributed by atoms with E-state index in [2.05, 4.69) is 0 Å². The zero-order chi connectivity index (χ0) is 5.15. The molecular weight excluding hydrogens is 84.0 g/mol. The van der Waals surface area contributed by atoms with Crippen molar-refractivity contribution in [2.24, 2.45) is 0 Å². The van der Waals surface area contributed by atoms with Crippen LogP contribution in [0.2, 0.25) is 0 Å². The molecule has 4 heteroatoms. The van der Waals surface area contributed by atoms with Crippen LogP contribution in [0.1, 0.15) is 0 Å². The van der Waals surface area contributed by atoms with Crippen LogP contribution >= 0.6 is 0 Å². The van der Waals surface area contributed by atoms with E-state index >= 15 is 0 Å². The summed E-state index contributed by atoms with van der Waals surface area (Å²) in [5.41, 5.74) is 0. The first-order chi connectivity index (χ1) is 2.64. The highest BCUT2D eigenvalue weighted by atomic mass is 16.7. The van der Waals surface area contributed by atoms with Crippen LogP contribution in [0.15, 0.2) is 0 Å². The summed E-state index contributed by atoms with van der Waals surface area (Å²) in [6.07, 6.45) is 0. The third kappa shape index (κ3) is 1.51. The highest BCUT2D eigenvalue weighted by Gasteiger charge is 1.91. The third-order valence-corrected chi connectivity index (χ3v) is 0.327. The van der Waals surface area contributed by atoms with Gasteiger partial charge in [-0.05, 0) is 0 Å². The van der Waals surface area contributed by atoms with Crippen molar-refractivity contribution in [1.29, 1.82) is 0 Å². The van der Waals surface area contributed by atoms with E-state index in [9.17, 15) is 10.1 Å². The van der Waals surface area contributed by atoms with Gasteiger partial charge in [0.15, 0.2) is 5.03 Å². The summed E-state index contributed by atoms with van der Waals surface area (Å²) in [5.74, 6) is 0. The van der Waals surface area contributed by atoms with Crippen molar-refractivity contribution in [3.05, 3.63) is 10.1 Å². The lowest BCUT2D eigenvalue weighted by Gasteiger charge is -1.94. The van der Waals surface area contributed by atoms with E-state index in [-0.39, 0.29) is 0 Å². The van der Waals surface area contributed by atoms with Crippen molar-refractivity contribution < 1.29 is 5.03 Å². The zero-order valence-electron chi connectivity index (χ0n) is 3.71. The molecule has 4 nitrogen and oxygen atoms in total. The average molecular weight is 90.1 g/mol. The number of hydrogen-bond acceptors (Lipinski definition) is 2. The normalized spacial score (nSPS) is 7.67. The summed E-state index contributed by atoms with van der Waals surface area (Å²) in [5, 5.41) is 9.82. The van der Waals surface area contributed by atoms with Crippen LogP contribution in [0.3, 0.4) is 0 Å². The topological polar surface area (TPSA) is 46.4 Å². The van der Waals surface area contributed by atoms with Gasteiger partial charge in [0.25, 0.3) is 0 Å². The van der Waals surface area contributed by atoms with Crippen molar-refractivity contribution >= 4 is 0 Å². The van der Waals surface area contributed by atoms with Gasteiger partial charge in [-0.15, -0.1) is 5.01 Å². The van der Waals surface area contributed by atoms with Crippen LogP contribution in [0.4, 0.5) is 0 Å². The van der Waals surface area contributed by atoms with Crippen molar-refractivity contribution in [2.45, 2.75) is 0 Å². The molecule has 0 aliphatic heterocycles. The van der Waals surface area contributed by atoms with E-state index in [4.69, 9.17) is 0 Å². The second-order valence-corrected chi connectivity index (χ2v) is 1.09. The Hall–Kier alpha value is -0.800. The summed E-state index contributed by atoms with van der Waals surface area (Å²) in [4.78, 5) is 9.43. The van der Waals surface area contributed by atoms with Crippen LogP contribution in [-0.4, -0.2) is 24.1 Å². The Labute approximate surface area is 35.5 Å². The molecule has 0 aromatic heterocycles. The second-order valence-electron chi connectivity index (χ2n) is 1.09. The Bertz CT molecular complexity index is 60.6. The van der Waals surface area contributed by atoms with E-state index < -0.39 is 5.03 Å². The molecule has 0 fully saturated rings. The van der Waals surface area contributed by atoms with Gasteiger partial charge in [0.05, 0.1) is 14.1 Å². The average Bonchev–Trinajstić information content (AvgIpc) is 1.36. The molecule has 36 valence electrons. The standard InChI is InChI=1S/C2H6N2O2/c1-3(2)4(5)6/h1-2H3. The maximum absolute atomic E-state index is 9.43. The Morgan fingerprint density at radius 3 is 1.83 bits per heavy atom. The number of hydrazine groups is 1. The van der Waals surface area contributed by atoms with Gasteiger partial charge in [-0.3, -0.25) is 0 Å². The predicted octanol–water partition coefficient (Wildman–Crippen LogP) is -0.260. The number of nitrogens with zero attached hydrogens (tertiary/aromatic N) is 2. The third-order valence-electron chi connectivity index (χ3n) is 0.327. The van der Waals surface area contributed by atoms with Gasteiger partial charge in [0.1, 0.15) is 0 Å². The van der Waals surface area contributed by atoms with Crippen LogP contribution in [0.25, 0.3) is 0 Å². The van der Waals surface area contributed by atoms with Gasteiger partial charge in [-0.2, -0.15) is 0 Å². The molecule has 0 saturated heterocycles. The molecule has 0 saturated carbocycles. The van der Waals surface area contributed by atoms with Gasteiger partial charge in [-0.1, -0.05) is 0 Å². The summed E-state index contributed by atoms with van der Waals surface area (Å²) in [7, 11) is 2.75. The van der Waals surface area contributed by atoms with Crippen LogP contribution in [0.5, 0.6) is 0 Å². The Morgan fingerprint density at radius 2 is 1.83 bits per heavy atom. The summed E-state index contributed by atoms with van der Waals surface area (Å²) < 4.78 is 0. The Balaban J connectivity index is 3.26. The molecule has 0 aliphatic rings. The lowest BCUT2D eigenvalue weighted by Crippen LogP contribution is -2.18. The van der Waals surface area contributed by atoms with Gasteiger partial charge >= 0.3 is 0 Å². The summed E-state index contributed by atoms with van der Waals surface area (Å²) >= 11 is 0. The summed E-state index contributed by atoms with van der Waals surface area (Å²) in [6, 6.07) is 0. The molecule has 0 atom stereocenters. The van der Waals surface area contributed by atoms with E-state index in [1.165, 1.54) is 14.1 Å². The molecule has 0 spiro atoms. The number of rotatable bonds is 1. The minimum absolute atomic E-state index is 0.500. The molecule has 0 aromatic carbocycles. The van der Waals surface area contributed by atoms with E-state index in [1.807, 2.05) is 0 Å². The van der Waals surface area contributed by atoms with E-state index in [0.29, 0.717) is 0 Å². The molecule has 0 aliphatic carbocycles. The second kappa shape index (κ2) is 1.59. The van der Waals surface area contributed by atoms with Crippen LogP contribution < -0.4 is 0 Å². The van der Waals surface area contributed by atoms with Crippen molar-refractivity contribution in [2.75, 3.05) is 14.1 Å². The first kappa shape index (κ1) is 5.20. The lowest BCUT2D eigenvalue weighted by atomic mass is 11.2. The first-order valence-corrected chi connectivity index (χ1v) is 1.46. The summed E-state index contributed by atoms with van der Waals surface area (Å²) in [6.45, 7) is 0. The first-order valence-electron chi connectivity index (χ1n) is 1.46. The molecule has 0 rings (SSSR count). The number of nitro groups is 1. The highest BCUT2D eigenvalue weighted by Crippen LogP contribution is 1.67. The quantitative estimate of drug-likeness (QED) is 0.329. The van der Waals surface area contributed by atoms with E-state index in [1.54, 1.807) is 0 Å². The van der Waals surface area contributed by atoms with Crippen LogP contribution in [0, 0.1) is 10.1 Å². The number of hydrogen-bond donors (Lipinski definition) is 0. The fourth-order valence-corrected chi connectivity index (χ4v) is 0. The van der Waals surface area contributed by atoms with Gasteiger partial charge < -0.3 is 0 Å². The maximum Gasteiger partial charge on any atom is 0.159 e. The molecule has 0 unspecified atom stereocenters. The highest BCUT2D eigenvalue weighted by molar-refractivity contribution is 4.04. The molecule has 0 bridgehead atoms. The van der Waals surface area contributed by atoms with E-state index in [0.717, 1.165) is 5.01 Å². The zero-order valence-corrected chi connectivity index (χ0v) is 3.71. The molecule has 0 heterocycles. The molecule has 0 radical (unpaired) electrons. The van der Waals surface area contributed by atoms with Crippen molar-refractivity contribution in [3.8, 4) is 0 Å². The maximum atomic E-state index is 9.43. The SMILES string of the molecule is CN(C)[N+](=O)[O-]. The van der Waals surface area contributed by atoms with Gasteiger partial charge in [-0.25, -0.2) is 10.1 Å². The van der Waals surface area contributed by atoms with Crippen LogP contribution in [-0.2, 0) is 0 Å². The van der Waals surface area contributed by atoms with Gasteiger partial charge in [0.2, 0.25) is 0 Å². The van der Waals surface area contributed by atoms with Crippen molar-refractivity contribution in [3.63, 3.8) is 0 Å². The molecule has 6 heavy (non-hydrogen) atoms. The molecule has 0 aromatic rings. The molecule has 0 amide bonds. The largest absolute Gasteiger partial charge is 0.235 e. The fourth-order valence-electron chi connectivity index (χ4n) is 0. The smallest absolute Gasteiger partial charge is 0.159 e. The van der Waals surface area contributed by atoms with Gasteiger partial charge in [0, 0.05) is 0 Å². The fraction of sp³-hybridized carbons (Fsp3) is 1.00. The monoisotopic (exact) mass is 90.0 g/mol. The van der Waals surface area contributed by atoms with Crippen molar-refractivity contribution in [1.82, 2.24) is 5.01 Å².